The van der Waals surface area contributed by atoms with Crippen LogP contribution in [0, 0.1) is 0 Å². The van der Waals surface area contributed by atoms with Crippen LogP contribution in [0.2, 0.25) is 10.0 Å². The molecule has 1 saturated carbocycles. The van der Waals surface area contributed by atoms with Crippen molar-refractivity contribution in [3.63, 3.8) is 0 Å². The van der Waals surface area contributed by atoms with Gasteiger partial charge in [0.2, 0.25) is 0 Å². The van der Waals surface area contributed by atoms with Crippen LogP contribution in [0.25, 0.3) is 0 Å². The number of hydrogen-bond donors (Lipinski definition) is 1. The van der Waals surface area contributed by atoms with Gasteiger partial charge in [-0.2, -0.15) is 0 Å². The summed E-state index contributed by atoms with van der Waals surface area (Å²) in [7, 11) is 0. The van der Waals surface area contributed by atoms with Crippen LogP contribution in [-0.2, 0) is 0 Å². The molecule has 2 nitrogen and oxygen atoms in total. The Morgan fingerprint density at radius 2 is 2.00 bits per heavy atom. The number of hydrogen-bond acceptors (Lipinski definition) is 1. The summed E-state index contributed by atoms with van der Waals surface area (Å²) in [6.45, 7) is 0. The van der Waals surface area contributed by atoms with Crippen LogP contribution >= 0.6 is 23.2 Å². The van der Waals surface area contributed by atoms with Gasteiger partial charge in [-0.15, -0.1) is 0 Å². The Morgan fingerprint density at radius 3 is 2.60 bits per heavy atom. The molecule has 1 N–H and O–H groups in total. The van der Waals surface area contributed by atoms with Crippen molar-refractivity contribution < 1.29 is 4.79 Å². The van der Waals surface area contributed by atoms with E-state index < -0.39 is 0 Å². The second-order valence-corrected chi connectivity index (χ2v) is 4.13. The van der Waals surface area contributed by atoms with Gasteiger partial charge in [-0.3, -0.25) is 4.79 Å². The van der Waals surface area contributed by atoms with Crippen molar-refractivity contribution >= 4 is 66.8 Å². The van der Waals surface area contributed by atoms with Crippen molar-refractivity contribution in [1.82, 2.24) is 5.32 Å². The van der Waals surface area contributed by atoms with E-state index >= 15 is 0 Å². The summed E-state index contributed by atoms with van der Waals surface area (Å²) >= 11 is 11.7. The molecule has 0 bridgehead atoms. The number of amides is 1. The normalized spacial score (nSPS) is 14.3. The topological polar surface area (TPSA) is 29.1 Å². The molecule has 0 saturated heterocycles. The average molecular weight is 272 g/mol. The zero-order valence-corrected chi connectivity index (χ0v) is 8.90. The fourth-order valence-electron chi connectivity index (χ4n) is 1.17. The molecule has 0 aromatic heterocycles. The van der Waals surface area contributed by atoms with E-state index in [1.165, 1.54) is 0 Å². The third kappa shape index (κ3) is 3.50. The van der Waals surface area contributed by atoms with Gasteiger partial charge in [0.15, 0.2) is 0 Å². The zero-order valence-electron chi connectivity index (χ0n) is 7.39. The van der Waals surface area contributed by atoms with Crippen molar-refractivity contribution in [1.29, 1.82) is 0 Å². The molecule has 1 aliphatic rings. The number of halogens is 2. The van der Waals surface area contributed by atoms with Crippen molar-refractivity contribution in [2.45, 2.75) is 18.9 Å². The van der Waals surface area contributed by atoms with E-state index in [2.05, 4.69) is 5.32 Å². The second kappa shape index (κ2) is 5.74. The number of benzene rings is 1. The van der Waals surface area contributed by atoms with Gasteiger partial charge in [0, 0.05) is 6.04 Å². The molecule has 1 aromatic carbocycles. The first-order valence-electron chi connectivity index (χ1n) is 4.43. The Morgan fingerprint density at radius 1 is 1.33 bits per heavy atom. The van der Waals surface area contributed by atoms with Gasteiger partial charge in [-0.1, -0.05) is 29.3 Å². The molecule has 0 atom stereocenters. The minimum atomic E-state index is -0.139. The molecule has 15 heavy (non-hydrogen) atoms. The molecule has 1 aliphatic carbocycles. The average Bonchev–Trinajstić information content (AvgIpc) is 2.93. The van der Waals surface area contributed by atoms with E-state index in [1.807, 2.05) is 0 Å². The van der Waals surface area contributed by atoms with Crippen LogP contribution in [0.15, 0.2) is 18.2 Å². The predicted molar refractivity (Wildman–Crippen MR) is 65.5 cm³/mol. The number of carbonyl (C=O) groups is 1. The summed E-state index contributed by atoms with van der Waals surface area (Å²) in [4.78, 5) is 11.6. The standard InChI is InChI=1S/C10H9Cl2NO.Ca.2H/c11-8-3-1-2-7(9(8)12)10(14)13-6-4-5-6;;;/h1-3,6H,4-5H2,(H,13,14);;;. The van der Waals surface area contributed by atoms with Crippen molar-refractivity contribution in [3.8, 4) is 0 Å². The summed E-state index contributed by atoms with van der Waals surface area (Å²) in [5, 5.41) is 3.59. The van der Waals surface area contributed by atoms with E-state index in [-0.39, 0.29) is 43.6 Å². The van der Waals surface area contributed by atoms with Crippen LogP contribution in [0.5, 0.6) is 0 Å². The Hall–Kier alpha value is 0.530. The van der Waals surface area contributed by atoms with Crippen molar-refractivity contribution in [2.24, 2.45) is 0 Å². The first kappa shape index (κ1) is 13.6. The Bertz CT molecular complexity index is 380. The summed E-state index contributed by atoms with van der Waals surface area (Å²) in [5.74, 6) is -0.139. The SMILES string of the molecule is O=C(NC1CC1)c1cccc(Cl)c1Cl.[CaH2]. The Labute approximate surface area is 128 Å². The van der Waals surface area contributed by atoms with E-state index in [9.17, 15) is 4.79 Å². The zero-order chi connectivity index (χ0) is 10.1. The van der Waals surface area contributed by atoms with E-state index in [1.54, 1.807) is 18.2 Å². The fourth-order valence-corrected chi connectivity index (χ4v) is 1.56. The monoisotopic (exact) mass is 271 g/mol. The van der Waals surface area contributed by atoms with Gasteiger partial charge < -0.3 is 5.32 Å². The van der Waals surface area contributed by atoms with Gasteiger partial charge in [-0.25, -0.2) is 0 Å². The molecular weight excluding hydrogens is 261 g/mol. The van der Waals surface area contributed by atoms with E-state index in [0.29, 0.717) is 21.7 Å². The molecule has 0 heterocycles. The molecule has 0 aliphatic heterocycles. The summed E-state index contributed by atoms with van der Waals surface area (Å²) < 4.78 is 0. The molecule has 0 spiro atoms. The van der Waals surface area contributed by atoms with Crippen LogP contribution in [0.1, 0.15) is 23.2 Å². The van der Waals surface area contributed by atoms with Gasteiger partial charge in [0.05, 0.1) is 15.6 Å². The van der Waals surface area contributed by atoms with Gasteiger partial charge in [0.25, 0.3) is 5.91 Å². The first-order chi connectivity index (χ1) is 6.68. The Balaban J connectivity index is 0.00000112. The third-order valence-corrected chi connectivity index (χ3v) is 2.93. The maximum absolute atomic E-state index is 11.6. The number of carbonyl (C=O) groups excluding carboxylic acids is 1. The fraction of sp³-hybridized carbons (Fsp3) is 0.300. The molecule has 1 fully saturated rings. The summed E-state index contributed by atoms with van der Waals surface area (Å²) in [5.41, 5.74) is 0.450. The van der Waals surface area contributed by atoms with Gasteiger partial charge >= 0.3 is 37.7 Å². The van der Waals surface area contributed by atoms with Crippen molar-refractivity contribution in [3.05, 3.63) is 33.8 Å². The molecule has 78 valence electrons. The number of rotatable bonds is 2. The molecule has 5 heteroatoms. The Kier molecular flexibility index (Phi) is 5.20. The molecule has 2 rings (SSSR count). The maximum atomic E-state index is 11.6. The molecule has 1 aromatic rings. The predicted octanol–water partition coefficient (Wildman–Crippen LogP) is 1.97. The molecule has 1 amide bonds. The minimum absolute atomic E-state index is 0. The quantitative estimate of drug-likeness (QED) is 0.819. The number of nitrogens with one attached hydrogen (secondary N) is 1. The molecule has 0 radical (unpaired) electrons. The third-order valence-electron chi connectivity index (χ3n) is 2.11. The van der Waals surface area contributed by atoms with Crippen molar-refractivity contribution in [2.75, 3.05) is 0 Å². The van der Waals surface area contributed by atoms with Gasteiger partial charge in [-0.05, 0) is 25.0 Å². The van der Waals surface area contributed by atoms with Crippen LogP contribution in [0.3, 0.4) is 0 Å². The van der Waals surface area contributed by atoms with Gasteiger partial charge in [0.1, 0.15) is 0 Å². The van der Waals surface area contributed by atoms with Crippen LogP contribution in [-0.4, -0.2) is 49.7 Å². The van der Waals surface area contributed by atoms with Crippen LogP contribution < -0.4 is 5.32 Å². The summed E-state index contributed by atoms with van der Waals surface area (Å²) in [6, 6.07) is 5.39. The molecular formula is C10H11CaCl2NO. The van der Waals surface area contributed by atoms with E-state index in [0.717, 1.165) is 12.8 Å². The van der Waals surface area contributed by atoms with E-state index in [4.69, 9.17) is 23.2 Å². The second-order valence-electron chi connectivity index (χ2n) is 3.35. The van der Waals surface area contributed by atoms with Crippen LogP contribution in [0.4, 0.5) is 0 Å². The first-order valence-corrected chi connectivity index (χ1v) is 5.19. The molecule has 0 unspecified atom stereocenters. The summed E-state index contributed by atoms with van der Waals surface area (Å²) in [6.07, 6.45) is 2.12.